The van der Waals surface area contributed by atoms with Crippen LogP contribution in [0.15, 0.2) is 35.0 Å². The van der Waals surface area contributed by atoms with Gasteiger partial charge in [0.1, 0.15) is 0 Å². The number of ether oxygens (including phenoxy) is 1. The Morgan fingerprint density at radius 2 is 2.08 bits per heavy atom. The second-order valence-electron chi connectivity index (χ2n) is 5.16. The maximum Gasteiger partial charge on any atom is 0.339 e. The number of hydrogen-bond acceptors (Lipinski definition) is 6. The van der Waals surface area contributed by atoms with E-state index in [1.165, 1.54) is 41.4 Å². The Labute approximate surface area is 142 Å². The van der Waals surface area contributed by atoms with Crippen LogP contribution >= 0.6 is 11.3 Å². The molecule has 1 aromatic carbocycles. The zero-order valence-electron chi connectivity index (χ0n) is 13.2. The van der Waals surface area contributed by atoms with Crippen molar-refractivity contribution in [3.05, 3.63) is 61.8 Å². The third-order valence-electron chi connectivity index (χ3n) is 3.47. The standard InChI is InChI=1S/C16H16N2O5S/c1-11-13(4-3-5-14(11)18(21)22)16(20)23-9-15(19)17(2)8-12-6-7-24-10-12/h3-7,10H,8-9H2,1-2H3. The molecule has 0 saturated heterocycles. The molecule has 1 aromatic heterocycles. The molecule has 126 valence electrons. The molecule has 1 heterocycles. The van der Waals surface area contributed by atoms with E-state index in [4.69, 9.17) is 4.74 Å². The number of benzene rings is 1. The van der Waals surface area contributed by atoms with Crippen LogP contribution in [0.2, 0.25) is 0 Å². The fourth-order valence-corrected chi connectivity index (χ4v) is 2.76. The van der Waals surface area contributed by atoms with Gasteiger partial charge in [0.25, 0.3) is 11.6 Å². The molecule has 0 aliphatic rings. The molecule has 0 aliphatic carbocycles. The van der Waals surface area contributed by atoms with Gasteiger partial charge in [-0.25, -0.2) is 4.79 Å². The maximum absolute atomic E-state index is 12.1. The van der Waals surface area contributed by atoms with Gasteiger partial charge in [0, 0.05) is 25.2 Å². The van der Waals surface area contributed by atoms with Crippen molar-refractivity contribution in [3.63, 3.8) is 0 Å². The van der Waals surface area contributed by atoms with Crippen molar-refractivity contribution in [2.45, 2.75) is 13.5 Å². The lowest BCUT2D eigenvalue weighted by Crippen LogP contribution is -2.30. The molecular formula is C16H16N2O5S. The van der Waals surface area contributed by atoms with Crippen molar-refractivity contribution >= 4 is 28.9 Å². The van der Waals surface area contributed by atoms with Crippen molar-refractivity contribution in [1.82, 2.24) is 4.90 Å². The summed E-state index contributed by atoms with van der Waals surface area (Å²) in [4.78, 5) is 35.9. The molecule has 0 fully saturated rings. The van der Waals surface area contributed by atoms with Gasteiger partial charge in [-0.15, -0.1) is 0 Å². The van der Waals surface area contributed by atoms with Gasteiger partial charge in [-0.05, 0) is 35.4 Å². The van der Waals surface area contributed by atoms with Crippen LogP contribution in [-0.4, -0.2) is 35.4 Å². The first-order valence-electron chi connectivity index (χ1n) is 7.06. The summed E-state index contributed by atoms with van der Waals surface area (Å²) in [7, 11) is 1.62. The number of nitrogens with zero attached hydrogens (tertiary/aromatic N) is 2. The number of likely N-dealkylation sites (N-methyl/N-ethyl adjacent to an activating group) is 1. The van der Waals surface area contributed by atoms with E-state index in [0.29, 0.717) is 6.54 Å². The Balaban J connectivity index is 1.96. The molecule has 24 heavy (non-hydrogen) atoms. The third kappa shape index (κ3) is 4.17. The van der Waals surface area contributed by atoms with Gasteiger partial charge in [-0.3, -0.25) is 14.9 Å². The van der Waals surface area contributed by atoms with Crippen LogP contribution in [0.3, 0.4) is 0 Å². The number of rotatable bonds is 6. The summed E-state index contributed by atoms with van der Waals surface area (Å²) in [5.41, 5.74) is 1.13. The van der Waals surface area contributed by atoms with Crippen molar-refractivity contribution in [3.8, 4) is 0 Å². The van der Waals surface area contributed by atoms with Crippen LogP contribution < -0.4 is 0 Å². The van der Waals surface area contributed by atoms with E-state index < -0.39 is 17.5 Å². The van der Waals surface area contributed by atoms with Gasteiger partial charge >= 0.3 is 5.97 Å². The summed E-state index contributed by atoms with van der Waals surface area (Å²) >= 11 is 1.54. The van der Waals surface area contributed by atoms with Crippen LogP contribution in [0, 0.1) is 17.0 Å². The van der Waals surface area contributed by atoms with E-state index in [1.807, 2.05) is 16.8 Å². The largest absolute Gasteiger partial charge is 0.452 e. The van der Waals surface area contributed by atoms with E-state index >= 15 is 0 Å². The molecule has 0 radical (unpaired) electrons. The quantitative estimate of drug-likeness (QED) is 0.455. The van der Waals surface area contributed by atoms with Crippen LogP contribution in [-0.2, 0) is 16.1 Å². The molecular weight excluding hydrogens is 332 g/mol. The highest BCUT2D eigenvalue weighted by Gasteiger charge is 2.20. The normalized spacial score (nSPS) is 10.2. The van der Waals surface area contributed by atoms with Gasteiger partial charge in [-0.2, -0.15) is 11.3 Å². The minimum absolute atomic E-state index is 0.0810. The van der Waals surface area contributed by atoms with Crippen molar-refractivity contribution in [2.24, 2.45) is 0 Å². The van der Waals surface area contributed by atoms with Crippen LogP contribution in [0.4, 0.5) is 5.69 Å². The fraction of sp³-hybridized carbons (Fsp3) is 0.250. The average molecular weight is 348 g/mol. The van der Waals surface area contributed by atoms with E-state index in [0.717, 1.165) is 5.56 Å². The van der Waals surface area contributed by atoms with Gasteiger partial charge in [0.15, 0.2) is 6.61 Å². The number of hydrogen-bond donors (Lipinski definition) is 0. The van der Waals surface area contributed by atoms with Crippen LogP contribution in [0.25, 0.3) is 0 Å². The summed E-state index contributed by atoms with van der Waals surface area (Å²) in [6, 6.07) is 6.06. The molecule has 0 unspecified atom stereocenters. The topological polar surface area (TPSA) is 89.8 Å². The fourth-order valence-electron chi connectivity index (χ4n) is 2.10. The molecule has 7 nitrogen and oxygen atoms in total. The molecule has 0 saturated carbocycles. The first-order chi connectivity index (χ1) is 11.4. The molecule has 0 atom stereocenters. The molecule has 2 rings (SSSR count). The molecule has 0 N–H and O–H groups in total. The Kier molecular flexibility index (Phi) is 5.64. The van der Waals surface area contributed by atoms with Crippen molar-refractivity contribution < 1.29 is 19.2 Å². The molecule has 8 heteroatoms. The number of carbonyl (C=O) groups is 2. The molecule has 1 amide bonds. The first-order valence-corrected chi connectivity index (χ1v) is 8.00. The molecule has 0 aliphatic heterocycles. The predicted molar refractivity (Wildman–Crippen MR) is 88.9 cm³/mol. The number of amides is 1. The number of thiophene rings is 1. The lowest BCUT2D eigenvalue weighted by atomic mass is 10.1. The monoisotopic (exact) mass is 348 g/mol. The van der Waals surface area contributed by atoms with Gasteiger partial charge < -0.3 is 9.64 Å². The first kappa shape index (κ1) is 17.6. The lowest BCUT2D eigenvalue weighted by Gasteiger charge is -2.16. The average Bonchev–Trinajstić information content (AvgIpc) is 3.05. The SMILES string of the molecule is Cc1c(C(=O)OCC(=O)N(C)Cc2ccsc2)cccc1[N+](=O)[O-]. The summed E-state index contributed by atoms with van der Waals surface area (Å²) in [6.07, 6.45) is 0. The Hall–Kier alpha value is -2.74. The molecule has 2 aromatic rings. The summed E-state index contributed by atoms with van der Waals surface area (Å²) in [5.74, 6) is -1.11. The van der Waals surface area contributed by atoms with E-state index in [1.54, 1.807) is 7.05 Å². The zero-order chi connectivity index (χ0) is 17.7. The van der Waals surface area contributed by atoms with Crippen LogP contribution in [0.5, 0.6) is 0 Å². The van der Waals surface area contributed by atoms with Gasteiger partial charge in [-0.1, -0.05) is 6.07 Å². The maximum atomic E-state index is 12.1. The number of esters is 1. The highest BCUT2D eigenvalue weighted by atomic mass is 32.1. The predicted octanol–water partition coefficient (Wildman–Crippen LogP) is 2.78. The summed E-state index contributed by atoms with van der Waals surface area (Å²) in [6.45, 7) is 1.48. The van der Waals surface area contributed by atoms with Gasteiger partial charge in [0.2, 0.25) is 0 Å². The number of carbonyl (C=O) groups excluding carboxylic acids is 2. The molecule has 0 spiro atoms. The highest BCUT2D eigenvalue weighted by Crippen LogP contribution is 2.21. The minimum Gasteiger partial charge on any atom is -0.452 e. The Morgan fingerprint density at radius 1 is 1.33 bits per heavy atom. The van der Waals surface area contributed by atoms with Crippen molar-refractivity contribution in [2.75, 3.05) is 13.7 Å². The van der Waals surface area contributed by atoms with E-state index in [2.05, 4.69) is 0 Å². The highest BCUT2D eigenvalue weighted by molar-refractivity contribution is 7.07. The van der Waals surface area contributed by atoms with E-state index in [9.17, 15) is 19.7 Å². The van der Waals surface area contributed by atoms with Gasteiger partial charge in [0.05, 0.1) is 10.5 Å². The van der Waals surface area contributed by atoms with Crippen LogP contribution in [0.1, 0.15) is 21.5 Å². The Morgan fingerprint density at radius 3 is 2.71 bits per heavy atom. The number of nitro benzene ring substituents is 1. The minimum atomic E-state index is -0.756. The summed E-state index contributed by atoms with van der Waals surface area (Å²) in [5, 5.41) is 14.7. The van der Waals surface area contributed by atoms with Crippen molar-refractivity contribution in [1.29, 1.82) is 0 Å². The molecule has 0 bridgehead atoms. The summed E-state index contributed by atoms with van der Waals surface area (Å²) < 4.78 is 5.00. The second-order valence-corrected chi connectivity index (χ2v) is 5.94. The van der Waals surface area contributed by atoms with E-state index in [-0.39, 0.29) is 22.7 Å². The lowest BCUT2D eigenvalue weighted by molar-refractivity contribution is -0.385. The third-order valence-corrected chi connectivity index (χ3v) is 4.21. The zero-order valence-corrected chi connectivity index (χ0v) is 14.0. The number of nitro groups is 1. The Bertz CT molecular complexity index is 758. The second kappa shape index (κ2) is 7.69. The smallest absolute Gasteiger partial charge is 0.339 e.